The van der Waals surface area contributed by atoms with E-state index in [2.05, 4.69) is 30.0 Å². The first kappa shape index (κ1) is 19.4. The van der Waals surface area contributed by atoms with Crippen LogP contribution in [0.3, 0.4) is 0 Å². The van der Waals surface area contributed by atoms with Gasteiger partial charge in [-0.2, -0.15) is 0 Å². The highest BCUT2D eigenvalue weighted by Crippen LogP contribution is 2.43. The van der Waals surface area contributed by atoms with Gasteiger partial charge in [0.15, 0.2) is 0 Å². The molecule has 0 bridgehead atoms. The zero-order valence-electron chi connectivity index (χ0n) is 16.7. The third kappa shape index (κ3) is 4.23. The number of rotatable bonds is 7. The van der Waals surface area contributed by atoms with Gasteiger partial charge in [0.25, 0.3) is 0 Å². The number of benzene rings is 2. The summed E-state index contributed by atoms with van der Waals surface area (Å²) in [5, 5.41) is 0. The van der Waals surface area contributed by atoms with Crippen LogP contribution in [0.2, 0.25) is 0 Å². The molecule has 4 heteroatoms. The van der Waals surface area contributed by atoms with Crippen molar-refractivity contribution in [2.24, 2.45) is 5.41 Å². The lowest BCUT2D eigenvalue weighted by Crippen LogP contribution is -2.35. The van der Waals surface area contributed by atoms with Crippen LogP contribution >= 0.6 is 0 Å². The van der Waals surface area contributed by atoms with Crippen molar-refractivity contribution in [3.8, 4) is 5.75 Å². The van der Waals surface area contributed by atoms with Crippen molar-refractivity contribution in [2.75, 3.05) is 32.9 Å². The van der Waals surface area contributed by atoms with Crippen LogP contribution in [0.15, 0.2) is 48.5 Å². The van der Waals surface area contributed by atoms with Gasteiger partial charge in [0, 0.05) is 36.6 Å². The van der Waals surface area contributed by atoms with Crippen molar-refractivity contribution >= 4 is 0 Å². The molecule has 2 aliphatic heterocycles. The Bertz CT molecular complexity index is 778. The number of hydrogen-bond donors (Lipinski definition) is 0. The third-order valence-corrected chi connectivity index (χ3v) is 6.31. The minimum atomic E-state index is -0.169. The highest BCUT2D eigenvalue weighted by molar-refractivity contribution is 5.37. The van der Waals surface area contributed by atoms with Gasteiger partial charge < -0.3 is 9.47 Å². The Morgan fingerprint density at radius 2 is 2.00 bits per heavy atom. The Balaban J connectivity index is 1.47. The number of aryl methyl sites for hydroxylation is 1. The zero-order chi connectivity index (χ0) is 19.4. The van der Waals surface area contributed by atoms with E-state index in [1.165, 1.54) is 11.1 Å². The van der Waals surface area contributed by atoms with E-state index >= 15 is 0 Å². The molecule has 0 spiro atoms. The Labute approximate surface area is 167 Å². The Kier molecular flexibility index (Phi) is 5.98. The topological polar surface area (TPSA) is 21.7 Å². The van der Waals surface area contributed by atoms with Crippen LogP contribution in [0, 0.1) is 11.2 Å². The number of likely N-dealkylation sites (tertiary alicyclic amines) is 1. The smallest absolute Gasteiger partial charge is 0.124 e. The molecule has 0 amide bonds. The molecule has 2 aliphatic rings. The largest absolute Gasteiger partial charge is 0.493 e. The summed E-state index contributed by atoms with van der Waals surface area (Å²) >= 11 is 0. The minimum Gasteiger partial charge on any atom is -0.493 e. The maximum atomic E-state index is 13.2. The van der Waals surface area contributed by atoms with E-state index < -0.39 is 0 Å². The van der Waals surface area contributed by atoms with Gasteiger partial charge in [0.1, 0.15) is 11.6 Å². The molecule has 2 aromatic rings. The van der Waals surface area contributed by atoms with E-state index in [1.807, 2.05) is 18.2 Å². The fraction of sp³-hybridized carbons (Fsp3) is 0.500. The molecule has 2 atom stereocenters. The maximum absolute atomic E-state index is 13.2. The molecule has 0 radical (unpaired) electrons. The Hall–Kier alpha value is -1.91. The van der Waals surface area contributed by atoms with Crippen molar-refractivity contribution in [1.82, 2.24) is 4.90 Å². The normalized spacial score (nSPS) is 24.7. The quantitative estimate of drug-likeness (QED) is 0.671. The standard InChI is InChI=1S/C24H30FNO2/c1-2-27-18-24(13-11-19-7-9-20(25)10-8-19)14-15-26(17-24)22-12-16-28-23-6-4-3-5-21(22)23/h3-10,22H,2,11-18H2,1H3. The van der Waals surface area contributed by atoms with Gasteiger partial charge in [-0.1, -0.05) is 30.3 Å². The molecule has 0 saturated carbocycles. The second-order valence-corrected chi connectivity index (χ2v) is 8.17. The number of hydrogen-bond acceptors (Lipinski definition) is 3. The molecular weight excluding hydrogens is 353 g/mol. The summed E-state index contributed by atoms with van der Waals surface area (Å²) < 4.78 is 25.0. The van der Waals surface area contributed by atoms with Crippen molar-refractivity contribution < 1.29 is 13.9 Å². The molecule has 1 saturated heterocycles. The van der Waals surface area contributed by atoms with Crippen LogP contribution in [0.1, 0.15) is 43.4 Å². The molecule has 0 aliphatic carbocycles. The zero-order valence-corrected chi connectivity index (χ0v) is 16.7. The lowest BCUT2D eigenvalue weighted by Gasteiger charge is -2.35. The molecule has 0 N–H and O–H groups in total. The molecule has 28 heavy (non-hydrogen) atoms. The molecule has 0 aromatic heterocycles. The fourth-order valence-corrected chi connectivity index (χ4v) is 4.71. The summed E-state index contributed by atoms with van der Waals surface area (Å²) in [6.45, 7) is 6.54. The summed E-state index contributed by atoms with van der Waals surface area (Å²) in [4.78, 5) is 2.63. The van der Waals surface area contributed by atoms with E-state index in [9.17, 15) is 4.39 Å². The molecule has 2 heterocycles. The van der Waals surface area contributed by atoms with Crippen LogP contribution in [0.5, 0.6) is 5.75 Å². The monoisotopic (exact) mass is 383 g/mol. The first-order valence-electron chi connectivity index (χ1n) is 10.5. The molecule has 2 unspecified atom stereocenters. The van der Waals surface area contributed by atoms with E-state index in [0.29, 0.717) is 6.04 Å². The van der Waals surface area contributed by atoms with Crippen molar-refractivity contribution in [3.63, 3.8) is 0 Å². The number of para-hydroxylation sites is 1. The van der Waals surface area contributed by atoms with Gasteiger partial charge in [-0.15, -0.1) is 0 Å². The fourth-order valence-electron chi connectivity index (χ4n) is 4.71. The van der Waals surface area contributed by atoms with Gasteiger partial charge in [-0.05, 0) is 56.5 Å². The lowest BCUT2D eigenvalue weighted by molar-refractivity contribution is 0.0436. The number of fused-ring (bicyclic) bond motifs is 1. The van der Waals surface area contributed by atoms with Gasteiger partial charge in [0.05, 0.1) is 13.2 Å². The second-order valence-electron chi connectivity index (χ2n) is 8.17. The Morgan fingerprint density at radius 1 is 1.18 bits per heavy atom. The first-order chi connectivity index (χ1) is 13.7. The molecule has 4 rings (SSSR count). The van der Waals surface area contributed by atoms with Gasteiger partial charge >= 0.3 is 0 Å². The predicted octanol–water partition coefficient (Wildman–Crippen LogP) is 5.01. The van der Waals surface area contributed by atoms with Crippen LogP contribution in [0.4, 0.5) is 4.39 Å². The molecule has 1 fully saturated rings. The van der Waals surface area contributed by atoms with E-state index in [0.717, 1.165) is 64.3 Å². The molecular formula is C24H30FNO2. The summed E-state index contributed by atoms with van der Waals surface area (Å²) in [5.41, 5.74) is 2.68. The van der Waals surface area contributed by atoms with Crippen LogP contribution < -0.4 is 4.74 Å². The highest BCUT2D eigenvalue weighted by atomic mass is 19.1. The van der Waals surface area contributed by atoms with E-state index in [4.69, 9.17) is 9.47 Å². The highest BCUT2D eigenvalue weighted by Gasteiger charge is 2.41. The molecule has 2 aromatic carbocycles. The van der Waals surface area contributed by atoms with Crippen LogP contribution in [-0.4, -0.2) is 37.8 Å². The third-order valence-electron chi connectivity index (χ3n) is 6.31. The van der Waals surface area contributed by atoms with Crippen molar-refractivity contribution in [1.29, 1.82) is 0 Å². The summed E-state index contributed by atoms with van der Waals surface area (Å²) in [6, 6.07) is 15.8. The Morgan fingerprint density at radius 3 is 2.82 bits per heavy atom. The molecule has 3 nitrogen and oxygen atoms in total. The lowest BCUT2D eigenvalue weighted by atomic mass is 9.82. The van der Waals surface area contributed by atoms with E-state index in [1.54, 1.807) is 12.1 Å². The number of ether oxygens (including phenoxy) is 2. The van der Waals surface area contributed by atoms with Gasteiger partial charge in [-0.3, -0.25) is 4.90 Å². The summed E-state index contributed by atoms with van der Waals surface area (Å²) in [5.74, 6) is 0.866. The average Bonchev–Trinajstić information content (AvgIpc) is 3.16. The SMILES string of the molecule is CCOCC1(CCc2ccc(F)cc2)CCN(C2CCOc3ccccc32)C1. The predicted molar refractivity (Wildman–Crippen MR) is 109 cm³/mol. The summed E-state index contributed by atoms with van der Waals surface area (Å²) in [7, 11) is 0. The van der Waals surface area contributed by atoms with Gasteiger partial charge in [0.2, 0.25) is 0 Å². The number of halogens is 1. The summed E-state index contributed by atoms with van der Waals surface area (Å²) in [6.07, 6.45) is 4.22. The van der Waals surface area contributed by atoms with E-state index in [-0.39, 0.29) is 11.2 Å². The minimum absolute atomic E-state index is 0.164. The maximum Gasteiger partial charge on any atom is 0.124 e. The van der Waals surface area contributed by atoms with Crippen molar-refractivity contribution in [3.05, 3.63) is 65.5 Å². The van der Waals surface area contributed by atoms with Crippen LogP contribution in [0.25, 0.3) is 0 Å². The second kappa shape index (κ2) is 8.62. The van der Waals surface area contributed by atoms with Gasteiger partial charge in [-0.25, -0.2) is 4.39 Å². The average molecular weight is 384 g/mol. The molecule has 150 valence electrons. The van der Waals surface area contributed by atoms with Crippen molar-refractivity contribution in [2.45, 2.75) is 38.6 Å². The van der Waals surface area contributed by atoms with Crippen LogP contribution in [-0.2, 0) is 11.2 Å². The first-order valence-corrected chi connectivity index (χ1v) is 10.5. The number of nitrogens with zero attached hydrogens (tertiary/aromatic N) is 1.